The van der Waals surface area contributed by atoms with E-state index in [0.717, 1.165) is 6.21 Å². The summed E-state index contributed by atoms with van der Waals surface area (Å²) in [5.41, 5.74) is 2.50. The van der Waals surface area contributed by atoms with E-state index < -0.39 is 10.9 Å². The van der Waals surface area contributed by atoms with Gasteiger partial charge in [0.25, 0.3) is 5.69 Å². The van der Waals surface area contributed by atoms with Gasteiger partial charge in [0.15, 0.2) is 0 Å². The number of nitrogens with zero attached hydrogens (tertiary/aromatic N) is 2. The Kier molecular flexibility index (Phi) is 4.61. The Hall–Kier alpha value is -2.44. The Bertz CT molecular complexity index is 445. The highest BCUT2D eigenvalue weighted by molar-refractivity contribution is 6.23. The van der Waals surface area contributed by atoms with E-state index in [0.29, 0.717) is 0 Å². The molecule has 1 rings (SSSR count). The summed E-state index contributed by atoms with van der Waals surface area (Å²) in [6.07, 6.45) is 0.917. The Labute approximate surface area is 97.2 Å². The average Bonchev–Trinajstić information content (AvgIpc) is 2.30. The molecule has 0 bridgehead atoms. The van der Waals surface area contributed by atoms with Crippen LogP contribution < -0.4 is 5.43 Å². The van der Waals surface area contributed by atoms with Gasteiger partial charge in [-0.1, -0.05) is 12.1 Å². The summed E-state index contributed by atoms with van der Waals surface area (Å²) in [6.45, 7) is 1.91. The molecule has 0 heterocycles. The molecule has 0 fully saturated rings. The van der Waals surface area contributed by atoms with Crippen molar-refractivity contribution in [3.8, 4) is 0 Å². The number of benzene rings is 1. The van der Waals surface area contributed by atoms with E-state index in [1.165, 1.54) is 12.1 Å². The van der Waals surface area contributed by atoms with Crippen LogP contribution in [0.4, 0.5) is 11.4 Å². The van der Waals surface area contributed by atoms with Gasteiger partial charge in [0.05, 0.1) is 11.5 Å². The molecule has 0 saturated carbocycles. The molecule has 17 heavy (non-hydrogen) atoms. The lowest BCUT2D eigenvalue weighted by molar-refractivity contribution is -0.384. The number of carbonyl (C=O) groups excluding carboxylic acids is 1. The summed E-state index contributed by atoms with van der Waals surface area (Å²) < 4.78 is 4.60. The topological polar surface area (TPSA) is 93.8 Å². The zero-order valence-corrected chi connectivity index (χ0v) is 9.12. The van der Waals surface area contributed by atoms with Crippen molar-refractivity contribution in [3.05, 3.63) is 34.4 Å². The van der Waals surface area contributed by atoms with Gasteiger partial charge in [-0.3, -0.25) is 15.5 Å². The predicted molar refractivity (Wildman–Crippen MR) is 61.8 cm³/mol. The minimum absolute atomic E-state index is 0.117. The zero-order chi connectivity index (χ0) is 12.7. The van der Waals surface area contributed by atoms with Gasteiger partial charge in [-0.15, -0.1) is 0 Å². The second-order valence-corrected chi connectivity index (χ2v) is 2.90. The van der Waals surface area contributed by atoms with Crippen molar-refractivity contribution in [3.63, 3.8) is 0 Å². The lowest BCUT2D eigenvalue weighted by Crippen LogP contribution is -2.06. The van der Waals surface area contributed by atoms with Crippen molar-refractivity contribution in [2.45, 2.75) is 6.92 Å². The fourth-order valence-corrected chi connectivity index (χ4v) is 1.06. The van der Waals surface area contributed by atoms with Gasteiger partial charge in [-0.05, 0) is 13.0 Å². The van der Waals surface area contributed by atoms with Crippen LogP contribution in [0.25, 0.3) is 0 Å². The standard InChI is InChI=1S/C10H11N3O4/c1-2-17-10(14)7-11-12-8-5-3-4-6-9(8)13(15)16/h3-7,12H,2H2,1H3/b11-7+. The maximum absolute atomic E-state index is 10.9. The van der Waals surface area contributed by atoms with E-state index in [4.69, 9.17) is 0 Å². The maximum Gasteiger partial charge on any atom is 0.351 e. The molecular formula is C10H11N3O4. The van der Waals surface area contributed by atoms with Crippen LogP contribution in [0.2, 0.25) is 0 Å². The lowest BCUT2D eigenvalue weighted by Gasteiger charge is -2.00. The Balaban J connectivity index is 2.69. The van der Waals surface area contributed by atoms with Crippen molar-refractivity contribution in [2.75, 3.05) is 12.0 Å². The highest BCUT2D eigenvalue weighted by atomic mass is 16.6. The van der Waals surface area contributed by atoms with Crippen LogP contribution in [0.5, 0.6) is 0 Å². The van der Waals surface area contributed by atoms with Crippen molar-refractivity contribution >= 4 is 23.6 Å². The first-order chi connectivity index (χ1) is 8.15. The molecule has 0 saturated heterocycles. The Morgan fingerprint density at radius 1 is 1.59 bits per heavy atom. The second-order valence-electron chi connectivity index (χ2n) is 2.90. The number of hydrogen-bond donors (Lipinski definition) is 1. The maximum atomic E-state index is 10.9. The number of para-hydroxylation sites is 2. The number of nitrogens with one attached hydrogen (secondary N) is 1. The van der Waals surface area contributed by atoms with Gasteiger partial charge in [0.2, 0.25) is 0 Å². The summed E-state index contributed by atoms with van der Waals surface area (Å²) in [5.74, 6) is -0.612. The SMILES string of the molecule is CCOC(=O)/C=N/Nc1ccccc1[N+](=O)[O-]. The smallest absolute Gasteiger partial charge is 0.351 e. The summed E-state index contributed by atoms with van der Waals surface area (Å²) in [4.78, 5) is 21.0. The van der Waals surface area contributed by atoms with E-state index in [2.05, 4.69) is 15.3 Å². The fraction of sp³-hybridized carbons (Fsp3) is 0.200. The average molecular weight is 237 g/mol. The van der Waals surface area contributed by atoms with Gasteiger partial charge < -0.3 is 4.74 Å². The number of ether oxygens (including phenoxy) is 1. The third-order valence-electron chi connectivity index (χ3n) is 1.74. The van der Waals surface area contributed by atoms with Gasteiger partial charge in [-0.2, -0.15) is 5.10 Å². The molecule has 0 spiro atoms. The molecule has 0 amide bonds. The molecule has 0 aromatic heterocycles. The van der Waals surface area contributed by atoms with Gasteiger partial charge in [0.1, 0.15) is 11.9 Å². The number of hydrazone groups is 1. The highest BCUT2D eigenvalue weighted by Gasteiger charge is 2.10. The third-order valence-corrected chi connectivity index (χ3v) is 1.74. The summed E-state index contributed by atoms with van der Waals surface area (Å²) >= 11 is 0. The number of nitro groups is 1. The first kappa shape index (κ1) is 12.6. The van der Waals surface area contributed by atoms with Gasteiger partial charge >= 0.3 is 5.97 Å². The van der Waals surface area contributed by atoms with Crippen LogP contribution in [-0.4, -0.2) is 23.7 Å². The van der Waals surface area contributed by atoms with Crippen LogP contribution in [0.15, 0.2) is 29.4 Å². The van der Waals surface area contributed by atoms with Crippen LogP contribution >= 0.6 is 0 Å². The molecule has 0 aliphatic carbocycles. The van der Waals surface area contributed by atoms with E-state index in [-0.39, 0.29) is 18.0 Å². The minimum atomic E-state index is -0.612. The Morgan fingerprint density at radius 3 is 2.94 bits per heavy atom. The fourth-order valence-electron chi connectivity index (χ4n) is 1.06. The van der Waals surface area contributed by atoms with E-state index >= 15 is 0 Å². The van der Waals surface area contributed by atoms with Gasteiger partial charge in [-0.25, -0.2) is 4.79 Å². The third kappa shape index (κ3) is 3.90. The van der Waals surface area contributed by atoms with E-state index in [1.807, 2.05) is 0 Å². The molecule has 1 N–H and O–H groups in total. The normalized spacial score (nSPS) is 10.2. The minimum Gasteiger partial charge on any atom is -0.462 e. The molecule has 0 unspecified atom stereocenters. The first-order valence-electron chi connectivity index (χ1n) is 4.84. The van der Waals surface area contributed by atoms with Crippen LogP contribution in [0.3, 0.4) is 0 Å². The largest absolute Gasteiger partial charge is 0.462 e. The molecule has 1 aromatic rings. The van der Waals surface area contributed by atoms with Crippen LogP contribution in [0, 0.1) is 10.1 Å². The van der Waals surface area contributed by atoms with E-state index in [9.17, 15) is 14.9 Å². The summed E-state index contributed by atoms with van der Waals surface area (Å²) in [5, 5.41) is 14.2. The number of rotatable bonds is 5. The molecule has 1 aromatic carbocycles. The number of esters is 1. The molecule has 0 aliphatic rings. The highest BCUT2D eigenvalue weighted by Crippen LogP contribution is 2.22. The van der Waals surface area contributed by atoms with E-state index in [1.54, 1.807) is 19.1 Å². The molecule has 7 nitrogen and oxygen atoms in total. The molecule has 0 aliphatic heterocycles. The zero-order valence-electron chi connectivity index (χ0n) is 9.12. The first-order valence-corrected chi connectivity index (χ1v) is 4.84. The molecule has 90 valence electrons. The van der Waals surface area contributed by atoms with Crippen molar-refractivity contribution < 1.29 is 14.5 Å². The van der Waals surface area contributed by atoms with Crippen LogP contribution in [-0.2, 0) is 9.53 Å². The second kappa shape index (κ2) is 6.21. The van der Waals surface area contributed by atoms with Crippen molar-refractivity contribution in [2.24, 2.45) is 5.10 Å². The summed E-state index contributed by atoms with van der Waals surface area (Å²) in [6, 6.07) is 5.98. The van der Waals surface area contributed by atoms with Crippen molar-refractivity contribution in [1.82, 2.24) is 0 Å². The quantitative estimate of drug-likeness (QED) is 0.363. The molecular weight excluding hydrogens is 226 g/mol. The molecule has 0 radical (unpaired) electrons. The van der Waals surface area contributed by atoms with Crippen LogP contribution in [0.1, 0.15) is 6.92 Å². The number of hydrogen-bond acceptors (Lipinski definition) is 6. The number of nitro benzene ring substituents is 1. The van der Waals surface area contributed by atoms with Crippen molar-refractivity contribution in [1.29, 1.82) is 0 Å². The monoisotopic (exact) mass is 237 g/mol. The number of anilines is 1. The number of carbonyl (C=O) groups is 1. The molecule has 7 heteroatoms. The lowest BCUT2D eigenvalue weighted by atomic mass is 10.3. The molecule has 0 atom stereocenters. The summed E-state index contributed by atoms with van der Waals surface area (Å²) in [7, 11) is 0. The Morgan fingerprint density at radius 2 is 2.29 bits per heavy atom. The van der Waals surface area contributed by atoms with Gasteiger partial charge in [0, 0.05) is 6.07 Å². The predicted octanol–water partition coefficient (Wildman–Crippen LogP) is 1.56.